The third-order valence-corrected chi connectivity index (χ3v) is 2.05. The van der Waals surface area contributed by atoms with E-state index >= 15 is 0 Å². The van der Waals surface area contributed by atoms with Gasteiger partial charge in [-0.3, -0.25) is 9.89 Å². The molecule has 2 rings (SSSR count). The van der Waals surface area contributed by atoms with Crippen molar-refractivity contribution in [3.05, 3.63) is 46.0 Å². The number of nitrogens with one attached hydrogen (secondary N) is 1. The van der Waals surface area contributed by atoms with Crippen LogP contribution in [0.5, 0.6) is 0 Å². The SMILES string of the molecule is Cc1c[nH]n(-c2cc(C#N)ccn2)c1=O. The van der Waals surface area contributed by atoms with Crippen molar-refractivity contribution < 1.29 is 0 Å². The summed E-state index contributed by atoms with van der Waals surface area (Å²) in [5.41, 5.74) is 0.927. The molecule has 0 radical (unpaired) electrons. The fourth-order valence-corrected chi connectivity index (χ4v) is 1.24. The molecule has 0 bridgehead atoms. The topological polar surface area (TPSA) is 74.5 Å². The second-order valence-corrected chi connectivity index (χ2v) is 3.11. The molecule has 0 aromatic carbocycles. The Morgan fingerprint density at radius 2 is 2.40 bits per heavy atom. The van der Waals surface area contributed by atoms with Crippen molar-refractivity contribution in [1.29, 1.82) is 5.26 Å². The van der Waals surface area contributed by atoms with E-state index in [1.54, 1.807) is 25.3 Å². The van der Waals surface area contributed by atoms with Gasteiger partial charge in [0.05, 0.1) is 11.6 Å². The third-order valence-electron chi connectivity index (χ3n) is 2.05. The standard InChI is InChI=1S/C10H8N4O/c1-7-6-13-14(10(7)15)9-4-8(5-11)2-3-12-9/h2-4,6,13H,1H3. The van der Waals surface area contributed by atoms with Crippen molar-refractivity contribution >= 4 is 0 Å². The van der Waals surface area contributed by atoms with E-state index in [4.69, 9.17) is 5.26 Å². The molecule has 0 aliphatic carbocycles. The second kappa shape index (κ2) is 3.42. The summed E-state index contributed by atoms with van der Waals surface area (Å²) >= 11 is 0. The molecular weight excluding hydrogens is 192 g/mol. The molecule has 0 saturated carbocycles. The molecule has 0 atom stereocenters. The van der Waals surface area contributed by atoms with Gasteiger partial charge in [0.1, 0.15) is 0 Å². The Bertz CT molecular complexity index is 588. The molecule has 0 saturated heterocycles. The number of pyridine rings is 1. The largest absolute Gasteiger partial charge is 0.297 e. The molecule has 0 amide bonds. The first-order valence-corrected chi connectivity index (χ1v) is 4.36. The van der Waals surface area contributed by atoms with Crippen molar-refractivity contribution in [2.24, 2.45) is 0 Å². The minimum Gasteiger partial charge on any atom is -0.297 e. The number of aryl methyl sites for hydroxylation is 1. The summed E-state index contributed by atoms with van der Waals surface area (Å²) in [6.45, 7) is 1.71. The molecule has 15 heavy (non-hydrogen) atoms. The summed E-state index contributed by atoms with van der Waals surface area (Å²) in [7, 11) is 0. The van der Waals surface area contributed by atoms with Gasteiger partial charge >= 0.3 is 0 Å². The highest BCUT2D eigenvalue weighted by Crippen LogP contribution is 2.03. The van der Waals surface area contributed by atoms with Crippen molar-refractivity contribution in [3.8, 4) is 11.9 Å². The lowest BCUT2D eigenvalue weighted by atomic mass is 10.3. The molecule has 1 N–H and O–H groups in total. The van der Waals surface area contributed by atoms with Crippen LogP contribution in [0.1, 0.15) is 11.1 Å². The lowest BCUT2D eigenvalue weighted by Gasteiger charge is -1.99. The van der Waals surface area contributed by atoms with E-state index in [0.717, 1.165) is 0 Å². The van der Waals surface area contributed by atoms with Crippen LogP contribution >= 0.6 is 0 Å². The van der Waals surface area contributed by atoms with E-state index in [2.05, 4.69) is 10.1 Å². The number of H-pyrrole nitrogens is 1. The molecule has 74 valence electrons. The van der Waals surface area contributed by atoms with Gasteiger partial charge in [0.15, 0.2) is 5.82 Å². The maximum atomic E-state index is 11.6. The maximum Gasteiger partial charge on any atom is 0.275 e. The van der Waals surface area contributed by atoms with Gasteiger partial charge < -0.3 is 0 Å². The zero-order chi connectivity index (χ0) is 10.8. The van der Waals surface area contributed by atoms with Gasteiger partial charge in [0, 0.05) is 24.0 Å². The van der Waals surface area contributed by atoms with Crippen molar-refractivity contribution in [2.45, 2.75) is 6.92 Å². The van der Waals surface area contributed by atoms with E-state index in [9.17, 15) is 4.79 Å². The lowest BCUT2D eigenvalue weighted by molar-refractivity contribution is 0.817. The molecule has 2 heterocycles. The smallest absolute Gasteiger partial charge is 0.275 e. The van der Waals surface area contributed by atoms with Gasteiger partial charge in [0.2, 0.25) is 0 Å². The van der Waals surface area contributed by atoms with Gasteiger partial charge in [-0.2, -0.15) is 5.26 Å². The number of aromatic amines is 1. The Morgan fingerprint density at radius 3 is 3.00 bits per heavy atom. The first kappa shape index (κ1) is 9.21. The number of aromatic nitrogens is 3. The number of nitriles is 1. The highest BCUT2D eigenvalue weighted by atomic mass is 16.1. The predicted molar refractivity (Wildman–Crippen MR) is 53.6 cm³/mol. The van der Waals surface area contributed by atoms with Gasteiger partial charge in [0.25, 0.3) is 5.56 Å². The summed E-state index contributed by atoms with van der Waals surface area (Å²) in [6, 6.07) is 5.13. The zero-order valence-electron chi connectivity index (χ0n) is 8.06. The van der Waals surface area contributed by atoms with Crippen LogP contribution in [0.3, 0.4) is 0 Å². The predicted octanol–water partition coefficient (Wildman–Crippen LogP) is 0.741. The number of hydrogen-bond donors (Lipinski definition) is 1. The minimum absolute atomic E-state index is 0.155. The Morgan fingerprint density at radius 1 is 1.60 bits per heavy atom. The van der Waals surface area contributed by atoms with Crippen LogP contribution in [0.2, 0.25) is 0 Å². The summed E-state index contributed by atoms with van der Waals surface area (Å²) < 4.78 is 1.30. The third kappa shape index (κ3) is 1.53. The van der Waals surface area contributed by atoms with E-state index in [0.29, 0.717) is 16.9 Å². The van der Waals surface area contributed by atoms with E-state index < -0.39 is 0 Å². The Labute approximate surface area is 85.6 Å². The molecule has 2 aromatic rings. The average Bonchev–Trinajstić information content (AvgIpc) is 2.60. The molecule has 0 spiro atoms. The van der Waals surface area contributed by atoms with Gasteiger partial charge in [-0.25, -0.2) is 9.67 Å². The number of hydrogen-bond acceptors (Lipinski definition) is 3. The average molecular weight is 200 g/mol. The first-order valence-electron chi connectivity index (χ1n) is 4.36. The summed E-state index contributed by atoms with van der Waals surface area (Å²) in [6.07, 6.45) is 3.10. The Balaban J connectivity index is 2.60. The van der Waals surface area contributed by atoms with Crippen LogP contribution in [0.25, 0.3) is 5.82 Å². The molecular formula is C10H8N4O. The van der Waals surface area contributed by atoms with Crippen LogP contribution in [0.15, 0.2) is 29.3 Å². The highest BCUT2D eigenvalue weighted by molar-refractivity contribution is 5.35. The molecule has 2 aromatic heterocycles. The Kier molecular flexibility index (Phi) is 2.10. The fraction of sp³-hybridized carbons (Fsp3) is 0.100. The van der Waals surface area contributed by atoms with Crippen LogP contribution < -0.4 is 5.56 Å². The molecule has 5 nitrogen and oxygen atoms in total. The molecule has 0 aliphatic heterocycles. The molecule has 0 aliphatic rings. The van der Waals surface area contributed by atoms with Gasteiger partial charge in [-0.05, 0) is 13.0 Å². The van der Waals surface area contributed by atoms with Crippen LogP contribution in [0.4, 0.5) is 0 Å². The molecule has 0 unspecified atom stereocenters. The van der Waals surface area contributed by atoms with Gasteiger partial charge in [-0.1, -0.05) is 0 Å². The van der Waals surface area contributed by atoms with Gasteiger partial charge in [-0.15, -0.1) is 0 Å². The fourth-order valence-electron chi connectivity index (χ4n) is 1.24. The molecule has 5 heteroatoms. The van der Waals surface area contributed by atoms with E-state index in [1.807, 2.05) is 6.07 Å². The summed E-state index contributed by atoms with van der Waals surface area (Å²) in [5, 5.41) is 11.5. The maximum absolute atomic E-state index is 11.6. The zero-order valence-corrected chi connectivity index (χ0v) is 8.06. The quantitative estimate of drug-likeness (QED) is 0.737. The minimum atomic E-state index is -0.155. The monoisotopic (exact) mass is 200 g/mol. The second-order valence-electron chi connectivity index (χ2n) is 3.11. The van der Waals surface area contributed by atoms with E-state index in [-0.39, 0.29) is 5.56 Å². The summed E-state index contributed by atoms with van der Waals surface area (Å²) in [5.74, 6) is 0.423. The number of nitrogens with zero attached hydrogens (tertiary/aromatic N) is 3. The lowest BCUT2D eigenvalue weighted by Crippen LogP contribution is -2.17. The van der Waals surface area contributed by atoms with Crippen molar-refractivity contribution in [1.82, 2.24) is 14.8 Å². The van der Waals surface area contributed by atoms with Crippen LogP contribution in [-0.4, -0.2) is 14.8 Å². The van der Waals surface area contributed by atoms with Crippen molar-refractivity contribution in [2.75, 3.05) is 0 Å². The Hall–Kier alpha value is -2.35. The van der Waals surface area contributed by atoms with Crippen LogP contribution in [0, 0.1) is 18.3 Å². The van der Waals surface area contributed by atoms with Crippen LogP contribution in [-0.2, 0) is 0 Å². The summed E-state index contributed by atoms with van der Waals surface area (Å²) in [4.78, 5) is 15.6. The normalized spacial score (nSPS) is 9.87. The van der Waals surface area contributed by atoms with E-state index in [1.165, 1.54) is 10.9 Å². The highest BCUT2D eigenvalue weighted by Gasteiger charge is 2.05. The van der Waals surface area contributed by atoms with Crippen molar-refractivity contribution in [3.63, 3.8) is 0 Å². The first-order chi connectivity index (χ1) is 7.22. The molecule has 0 fully saturated rings. The number of rotatable bonds is 1.